The maximum absolute atomic E-state index is 12.3. The highest BCUT2D eigenvalue weighted by Gasteiger charge is 2.19. The number of benzene rings is 1. The van der Waals surface area contributed by atoms with E-state index in [1.807, 2.05) is 19.9 Å². The van der Waals surface area contributed by atoms with E-state index >= 15 is 0 Å². The fourth-order valence-corrected chi connectivity index (χ4v) is 3.06. The summed E-state index contributed by atoms with van der Waals surface area (Å²) >= 11 is 0. The predicted molar refractivity (Wildman–Crippen MR) is 83.0 cm³/mol. The quantitative estimate of drug-likeness (QED) is 0.918. The Balaban J connectivity index is 2.13. The molecule has 0 aliphatic rings. The molecule has 1 aromatic carbocycles. The van der Waals surface area contributed by atoms with E-state index in [-0.39, 0.29) is 17.2 Å². The van der Waals surface area contributed by atoms with Crippen LogP contribution in [-0.4, -0.2) is 14.3 Å². The third kappa shape index (κ3) is 3.98. The Hall–Kier alpha value is -2.08. The highest BCUT2D eigenvalue weighted by atomic mass is 32.2. The van der Waals surface area contributed by atoms with Crippen LogP contribution in [0.3, 0.4) is 0 Å². The van der Waals surface area contributed by atoms with Crippen molar-refractivity contribution in [3.63, 3.8) is 0 Å². The molecule has 1 N–H and O–H groups in total. The maximum atomic E-state index is 12.3. The molecule has 0 fully saturated rings. The Morgan fingerprint density at radius 1 is 1.23 bits per heavy atom. The maximum Gasteiger partial charge on any atom is 0.264 e. The molecule has 0 unspecified atom stereocenters. The molecule has 0 spiro atoms. The van der Waals surface area contributed by atoms with Crippen LogP contribution < -0.4 is 4.72 Å². The largest absolute Gasteiger partial charge is 0.466 e. The van der Waals surface area contributed by atoms with Crippen LogP contribution in [0.4, 0.5) is 0 Å². The second-order valence-electron chi connectivity index (χ2n) is 5.45. The highest BCUT2D eigenvalue weighted by molar-refractivity contribution is 7.90. The van der Waals surface area contributed by atoms with Gasteiger partial charge in [-0.15, -0.1) is 0 Å². The van der Waals surface area contributed by atoms with E-state index in [9.17, 15) is 13.2 Å². The van der Waals surface area contributed by atoms with Gasteiger partial charge in [0.15, 0.2) is 0 Å². The predicted octanol–water partition coefficient (Wildman–Crippen LogP) is 2.76. The van der Waals surface area contributed by atoms with Crippen LogP contribution in [0, 0.1) is 6.92 Å². The SMILES string of the molecule is Cc1ccc(CC(=O)NS(=O)(=O)c2cccc(C(C)C)c2)o1. The summed E-state index contributed by atoms with van der Waals surface area (Å²) in [6, 6.07) is 9.96. The molecule has 0 atom stereocenters. The number of nitrogens with one attached hydrogen (secondary N) is 1. The molecule has 2 aromatic rings. The summed E-state index contributed by atoms with van der Waals surface area (Å²) in [7, 11) is -3.87. The molecule has 6 heteroatoms. The average Bonchev–Trinajstić information content (AvgIpc) is 2.83. The lowest BCUT2D eigenvalue weighted by Gasteiger charge is -2.09. The lowest BCUT2D eigenvalue weighted by atomic mass is 10.0. The molecular formula is C16H19NO4S. The van der Waals surface area contributed by atoms with Gasteiger partial charge in [0.2, 0.25) is 5.91 Å². The van der Waals surface area contributed by atoms with Crippen molar-refractivity contribution in [2.45, 2.75) is 38.0 Å². The molecular weight excluding hydrogens is 302 g/mol. The topological polar surface area (TPSA) is 76.4 Å². The van der Waals surface area contributed by atoms with Crippen molar-refractivity contribution in [1.29, 1.82) is 0 Å². The van der Waals surface area contributed by atoms with Crippen molar-refractivity contribution in [2.24, 2.45) is 0 Å². The first-order valence-electron chi connectivity index (χ1n) is 6.99. The highest BCUT2D eigenvalue weighted by Crippen LogP contribution is 2.18. The number of carbonyl (C=O) groups excluding carboxylic acids is 1. The van der Waals surface area contributed by atoms with Crippen LogP contribution in [-0.2, 0) is 21.2 Å². The van der Waals surface area contributed by atoms with E-state index < -0.39 is 15.9 Å². The Bertz CT molecular complexity index is 775. The number of rotatable bonds is 5. The summed E-state index contributed by atoms with van der Waals surface area (Å²) in [6.45, 7) is 5.71. The number of furan rings is 1. The summed E-state index contributed by atoms with van der Waals surface area (Å²) in [5.41, 5.74) is 0.900. The van der Waals surface area contributed by atoms with Gasteiger partial charge >= 0.3 is 0 Å². The molecule has 2 rings (SSSR count). The van der Waals surface area contributed by atoms with Crippen LogP contribution in [0.1, 0.15) is 36.8 Å². The van der Waals surface area contributed by atoms with Crippen molar-refractivity contribution in [3.05, 3.63) is 53.5 Å². The van der Waals surface area contributed by atoms with Gasteiger partial charge in [0.05, 0.1) is 11.3 Å². The second kappa shape index (κ2) is 6.36. The van der Waals surface area contributed by atoms with Crippen LogP contribution in [0.2, 0.25) is 0 Å². The number of aryl methyl sites for hydroxylation is 1. The van der Waals surface area contributed by atoms with Crippen LogP contribution in [0.25, 0.3) is 0 Å². The van der Waals surface area contributed by atoms with Gasteiger partial charge in [-0.05, 0) is 42.7 Å². The molecule has 1 heterocycles. The number of amides is 1. The molecule has 5 nitrogen and oxygen atoms in total. The molecule has 0 aliphatic carbocycles. The van der Waals surface area contributed by atoms with E-state index in [0.29, 0.717) is 11.5 Å². The van der Waals surface area contributed by atoms with E-state index in [2.05, 4.69) is 4.72 Å². The smallest absolute Gasteiger partial charge is 0.264 e. The average molecular weight is 321 g/mol. The minimum atomic E-state index is -3.87. The van der Waals surface area contributed by atoms with Crippen LogP contribution >= 0.6 is 0 Å². The van der Waals surface area contributed by atoms with Gasteiger partial charge in [0.25, 0.3) is 10.0 Å². The number of carbonyl (C=O) groups is 1. The third-order valence-electron chi connectivity index (χ3n) is 3.21. The zero-order chi connectivity index (χ0) is 16.3. The lowest BCUT2D eigenvalue weighted by Crippen LogP contribution is -2.31. The van der Waals surface area contributed by atoms with Crippen molar-refractivity contribution in [2.75, 3.05) is 0 Å². The monoisotopic (exact) mass is 321 g/mol. The summed E-state index contributed by atoms with van der Waals surface area (Å²) in [5, 5.41) is 0. The van der Waals surface area contributed by atoms with Gasteiger partial charge in [0, 0.05) is 0 Å². The fraction of sp³-hybridized carbons (Fsp3) is 0.312. The molecule has 0 radical (unpaired) electrons. The normalized spacial score (nSPS) is 11.6. The zero-order valence-electron chi connectivity index (χ0n) is 12.8. The van der Waals surface area contributed by atoms with Crippen molar-refractivity contribution < 1.29 is 17.6 Å². The Labute approximate surface area is 130 Å². The van der Waals surface area contributed by atoms with Crippen molar-refractivity contribution in [3.8, 4) is 0 Å². The summed E-state index contributed by atoms with van der Waals surface area (Å²) in [4.78, 5) is 12.0. The molecule has 22 heavy (non-hydrogen) atoms. The Morgan fingerprint density at radius 3 is 2.55 bits per heavy atom. The summed E-state index contributed by atoms with van der Waals surface area (Å²) in [6.07, 6.45) is -0.114. The first kappa shape index (κ1) is 16.3. The molecule has 0 aliphatic heterocycles. The Kier molecular flexibility index (Phi) is 4.71. The van der Waals surface area contributed by atoms with Gasteiger partial charge in [-0.25, -0.2) is 13.1 Å². The van der Waals surface area contributed by atoms with Gasteiger partial charge in [-0.3, -0.25) is 4.79 Å². The number of sulfonamides is 1. The minimum Gasteiger partial charge on any atom is -0.466 e. The second-order valence-corrected chi connectivity index (χ2v) is 7.13. The van der Waals surface area contributed by atoms with E-state index in [4.69, 9.17) is 4.42 Å². The molecule has 0 bridgehead atoms. The van der Waals surface area contributed by atoms with E-state index in [0.717, 1.165) is 5.56 Å². The number of hydrogen-bond donors (Lipinski definition) is 1. The van der Waals surface area contributed by atoms with E-state index in [1.54, 1.807) is 31.2 Å². The minimum absolute atomic E-state index is 0.0858. The molecule has 1 amide bonds. The first-order valence-corrected chi connectivity index (χ1v) is 8.47. The Morgan fingerprint density at radius 2 is 1.95 bits per heavy atom. The van der Waals surface area contributed by atoms with Crippen LogP contribution in [0.15, 0.2) is 45.7 Å². The zero-order valence-corrected chi connectivity index (χ0v) is 13.6. The van der Waals surface area contributed by atoms with Gasteiger partial charge in [-0.2, -0.15) is 0 Å². The van der Waals surface area contributed by atoms with Crippen LogP contribution in [0.5, 0.6) is 0 Å². The fourth-order valence-electron chi connectivity index (χ4n) is 2.02. The van der Waals surface area contributed by atoms with E-state index in [1.165, 1.54) is 6.07 Å². The molecule has 1 aromatic heterocycles. The van der Waals surface area contributed by atoms with Crippen molar-refractivity contribution in [1.82, 2.24) is 4.72 Å². The first-order chi connectivity index (χ1) is 10.3. The molecule has 118 valence electrons. The van der Waals surface area contributed by atoms with Crippen molar-refractivity contribution >= 4 is 15.9 Å². The summed E-state index contributed by atoms with van der Waals surface area (Å²) < 4.78 is 31.8. The van der Waals surface area contributed by atoms with Gasteiger partial charge in [0.1, 0.15) is 11.5 Å². The standard InChI is InChI=1S/C16H19NO4S/c1-11(2)13-5-4-6-15(9-13)22(19,20)17-16(18)10-14-8-7-12(3)21-14/h4-9,11H,10H2,1-3H3,(H,17,18). The summed E-state index contributed by atoms with van der Waals surface area (Å²) in [5.74, 6) is 0.692. The third-order valence-corrected chi connectivity index (χ3v) is 4.58. The lowest BCUT2D eigenvalue weighted by molar-refractivity contribution is -0.118. The molecule has 0 saturated carbocycles. The van der Waals surface area contributed by atoms with Gasteiger partial charge in [-0.1, -0.05) is 26.0 Å². The molecule has 0 saturated heterocycles. The van der Waals surface area contributed by atoms with Gasteiger partial charge < -0.3 is 4.42 Å². The number of hydrogen-bond acceptors (Lipinski definition) is 4.